The fourth-order valence-electron chi connectivity index (χ4n) is 1.27. The van der Waals surface area contributed by atoms with Gasteiger partial charge in [0.15, 0.2) is 5.78 Å². The first kappa shape index (κ1) is 12.3. The maximum absolute atomic E-state index is 11.5. The van der Waals surface area contributed by atoms with Gasteiger partial charge in [0, 0.05) is 13.1 Å². The first-order chi connectivity index (χ1) is 6.83. The van der Waals surface area contributed by atoms with Crippen molar-refractivity contribution >= 4 is 23.5 Å². The third-order valence-electron chi connectivity index (χ3n) is 2.12. The molecule has 1 aliphatic rings. The monoisotopic (exact) mass is 233 g/mol. The Balaban J connectivity index is 2.33. The molecule has 0 aromatic rings. The molecule has 86 valence electrons. The highest BCUT2D eigenvalue weighted by molar-refractivity contribution is 6.28. The maximum atomic E-state index is 11.5. The second-order valence-electron chi connectivity index (χ2n) is 4.68. The topological polar surface area (TPSA) is 46.6 Å². The van der Waals surface area contributed by atoms with Gasteiger partial charge in [-0.25, -0.2) is 4.79 Å². The zero-order valence-electron chi connectivity index (χ0n) is 9.25. The number of likely N-dealkylation sites (tertiary alicyclic amines) is 1. The normalized spacial score (nSPS) is 17.2. The van der Waals surface area contributed by atoms with E-state index >= 15 is 0 Å². The average molecular weight is 234 g/mol. The molecule has 1 heterocycles. The van der Waals surface area contributed by atoms with Gasteiger partial charge in [0.1, 0.15) is 5.60 Å². The van der Waals surface area contributed by atoms with Gasteiger partial charge < -0.3 is 9.64 Å². The highest BCUT2D eigenvalue weighted by Gasteiger charge is 2.37. The summed E-state index contributed by atoms with van der Waals surface area (Å²) in [5, 5.41) is 0. The second kappa shape index (κ2) is 4.39. The molecule has 0 bridgehead atoms. The molecule has 1 fully saturated rings. The van der Waals surface area contributed by atoms with Gasteiger partial charge in [-0.1, -0.05) is 0 Å². The predicted molar refractivity (Wildman–Crippen MR) is 57.0 cm³/mol. The molecule has 0 aliphatic carbocycles. The Bertz CT molecular complexity index is 266. The summed E-state index contributed by atoms with van der Waals surface area (Å²) >= 11 is 5.41. The van der Waals surface area contributed by atoms with Crippen molar-refractivity contribution in [1.82, 2.24) is 4.90 Å². The van der Waals surface area contributed by atoms with Gasteiger partial charge in [-0.3, -0.25) is 4.79 Å². The lowest BCUT2D eigenvalue weighted by molar-refractivity contribution is -0.124. The number of carbonyl (C=O) groups excluding carboxylic acids is 2. The van der Waals surface area contributed by atoms with E-state index in [4.69, 9.17) is 16.3 Å². The van der Waals surface area contributed by atoms with Gasteiger partial charge in [0.2, 0.25) is 0 Å². The Hall–Kier alpha value is -0.770. The van der Waals surface area contributed by atoms with Crippen LogP contribution in [0.5, 0.6) is 0 Å². The van der Waals surface area contributed by atoms with Gasteiger partial charge >= 0.3 is 6.09 Å². The van der Waals surface area contributed by atoms with Gasteiger partial charge in [-0.2, -0.15) is 0 Å². The van der Waals surface area contributed by atoms with Crippen molar-refractivity contribution in [2.24, 2.45) is 5.92 Å². The maximum Gasteiger partial charge on any atom is 0.410 e. The smallest absolute Gasteiger partial charge is 0.410 e. The summed E-state index contributed by atoms with van der Waals surface area (Å²) in [4.78, 5) is 24.1. The molecular formula is C10H16ClNO3. The van der Waals surface area contributed by atoms with Crippen molar-refractivity contribution in [2.75, 3.05) is 19.0 Å². The Morgan fingerprint density at radius 1 is 1.40 bits per heavy atom. The van der Waals surface area contributed by atoms with E-state index in [2.05, 4.69) is 0 Å². The van der Waals surface area contributed by atoms with Crippen molar-refractivity contribution in [3.8, 4) is 0 Å². The highest BCUT2D eigenvalue weighted by Crippen LogP contribution is 2.20. The molecule has 0 N–H and O–H groups in total. The fourth-order valence-corrected chi connectivity index (χ4v) is 1.49. The molecule has 15 heavy (non-hydrogen) atoms. The van der Waals surface area contributed by atoms with Crippen LogP contribution in [0, 0.1) is 5.92 Å². The minimum atomic E-state index is -0.487. The summed E-state index contributed by atoms with van der Waals surface area (Å²) in [5.41, 5.74) is -0.487. The number of alkyl halides is 1. The number of ether oxygens (including phenoxy) is 1. The van der Waals surface area contributed by atoms with Gasteiger partial charge in [0.25, 0.3) is 0 Å². The van der Waals surface area contributed by atoms with Crippen molar-refractivity contribution in [3.05, 3.63) is 0 Å². The molecule has 0 radical (unpaired) electrons. The summed E-state index contributed by atoms with van der Waals surface area (Å²) in [6.45, 7) is 6.30. The summed E-state index contributed by atoms with van der Waals surface area (Å²) in [5.74, 6) is -0.0844. The van der Waals surface area contributed by atoms with Crippen molar-refractivity contribution < 1.29 is 14.3 Å². The second-order valence-corrected chi connectivity index (χ2v) is 4.95. The molecule has 5 heteroatoms. The van der Waals surface area contributed by atoms with Crippen LogP contribution in [0.2, 0.25) is 0 Å². The lowest BCUT2D eigenvalue weighted by atomic mass is 9.97. The molecule has 1 saturated heterocycles. The number of Topliss-reactive ketones (excluding diaryl/α,β-unsaturated/α-hetero) is 1. The van der Waals surface area contributed by atoms with Gasteiger partial charge in [-0.15, -0.1) is 11.6 Å². The van der Waals surface area contributed by atoms with E-state index in [-0.39, 0.29) is 23.7 Å². The third kappa shape index (κ3) is 3.38. The summed E-state index contributed by atoms with van der Waals surface area (Å²) in [6, 6.07) is 0. The number of amides is 1. The summed E-state index contributed by atoms with van der Waals surface area (Å²) in [7, 11) is 0. The Morgan fingerprint density at radius 3 is 2.33 bits per heavy atom. The summed E-state index contributed by atoms with van der Waals surface area (Å²) in [6.07, 6.45) is -0.360. The Kier molecular flexibility index (Phi) is 3.60. The van der Waals surface area contributed by atoms with E-state index < -0.39 is 5.60 Å². The zero-order chi connectivity index (χ0) is 11.6. The first-order valence-corrected chi connectivity index (χ1v) is 5.43. The van der Waals surface area contributed by atoms with Crippen molar-refractivity contribution in [2.45, 2.75) is 26.4 Å². The van der Waals surface area contributed by atoms with E-state index in [1.165, 1.54) is 4.90 Å². The Labute approximate surface area is 94.5 Å². The molecule has 0 atom stereocenters. The molecular weight excluding hydrogens is 218 g/mol. The third-order valence-corrected chi connectivity index (χ3v) is 2.38. The molecule has 1 aliphatic heterocycles. The minimum Gasteiger partial charge on any atom is -0.444 e. The van der Waals surface area contributed by atoms with E-state index in [1.807, 2.05) is 20.8 Å². The van der Waals surface area contributed by atoms with Crippen molar-refractivity contribution in [1.29, 1.82) is 0 Å². The minimum absolute atomic E-state index is 0.00326. The van der Waals surface area contributed by atoms with Crippen LogP contribution in [-0.2, 0) is 9.53 Å². The molecule has 0 saturated carbocycles. The van der Waals surface area contributed by atoms with Crippen LogP contribution in [0.1, 0.15) is 20.8 Å². The number of nitrogens with zero attached hydrogens (tertiary/aromatic N) is 1. The number of rotatable bonds is 2. The molecule has 0 aromatic heterocycles. The van der Waals surface area contributed by atoms with E-state index in [0.29, 0.717) is 13.1 Å². The number of ketones is 1. The zero-order valence-corrected chi connectivity index (χ0v) is 10.0. The van der Waals surface area contributed by atoms with Crippen LogP contribution in [-0.4, -0.2) is 41.3 Å². The highest BCUT2D eigenvalue weighted by atomic mass is 35.5. The molecule has 1 amide bonds. The molecule has 0 spiro atoms. The van der Waals surface area contributed by atoms with Crippen LogP contribution in [0.15, 0.2) is 0 Å². The van der Waals surface area contributed by atoms with Crippen LogP contribution in [0.25, 0.3) is 0 Å². The largest absolute Gasteiger partial charge is 0.444 e. The van der Waals surface area contributed by atoms with Crippen LogP contribution in [0.4, 0.5) is 4.79 Å². The first-order valence-electron chi connectivity index (χ1n) is 4.90. The van der Waals surface area contributed by atoms with E-state index in [0.717, 1.165) is 0 Å². The predicted octanol–water partition coefficient (Wildman–Crippen LogP) is 1.66. The molecule has 0 aromatic carbocycles. The number of hydrogen-bond acceptors (Lipinski definition) is 3. The molecule has 1 rings (SSSR count). The van der Waals surface area contributed by atoms with E-state index in [9.17, 15) is 9.59 Å². The van der Waals surface area contributed by atoms with Gasteiger partial charge in [-0.05, 0) is 20.8 Å². The standard InChI is InChI=1S/C10H16ClNO3/c1-10(2,3)15-9(14)12-5-7(6-12)8(13)4-11/h7H,4-6H2,1-3H3. The van der Waals surface area contributed by atoms with Crippen LogP contribution < -0.4 is 0 Å². The number of hydrogen-bond donors (Lipinski definition) is 0. The van der Waals surface area contributed by atoms with Crippen LogP contribution in [0.3, 0.4) is 0 Å². The fraction of sp³-hybridized carbons (Fsp3) is 0.800. The molecule has 4 nitrogen and oxygen atoms in total. The molecule has 0 unspecified atom stereocenters. The SMILES string of the molecule is CC(C)(C)OC(=O)N1CC(C(=O)CCl)C1. The lowest BCUT2D eigenvalue weighted by Crippen LogP contribution is -2.54. The van der Waals surface area contributed by atoms with Gasteiger partial charge in [0.05, 0.1) is 11.8 Å². The van der Waals surface area contributed by atoms with Crippen LogP contribution >= 0.6 is 11.6 Å². The Morgan fingerprint density at radius 2 is 1.93 bits per heavy atom. The quantitative estimate of drug-likeness (QED) is 0.682. The van der Waals surface area contributed by atoms with E-state index in [1.54, 1.807) is 0 Å². The number of carbonyl (C=O) groups is 2. The average Bonchev–Trinajstić information content (AvgIpc) is 1.97. The summed E-state index contributed by atoms with van der Waals surface area (Å²) < 4.78 is 5.15. The van der Waals surface area contributed by atoms with Crippen molar-refractivity contribution in [3.63, 3.8) is 0 Å². The lowest BCUT2D eigenvalue weighted by Gasteiger charge is -2.38. The number of halogens is 1.